The SMILES string of the molecule is Cc1ccc(C(=O)c2cccc(C(O)c3ccccc3)c2)cc1. The molecule has 0 fully saturated rings. The van der Waals surface area contributed by atoms with E-state index in [1.165, 1.54) is 0 Å². The smallest absolute Gasteiger partial charge is 0.193 e. The molecule has 3 rings (SSSR count). The lowest BCUT2D eigenvalue weighted by atomic mass is 9.96. The van der Waals surface area contributed by atoms with E-state index >= 15 is 0 Å². The van der Waals surface area contributed by atoms with Crippen molar-refractivity contribution in [1.82, 2.24) is 0 Å². The number of aryl methyl sites for hydroxylation is 1. The minimum Gasteiger partial charge on any atom is -0.384 e. The standard InChI is InChI=1S/C21H18O2/c1-15-10-12-17(13-11-15)21(23)19-9-5-8-18(14-19)20(22)16-6-3-2-4-7-16/h2-14,20,22H,1H3. The molecule has 0 aliphatic rings. The fourth-order valence-corrected chi connectivity index (χ4v) is 2.55. The summed E-state index contributed by atoms with van der Waals surface area (Å²) in [4.78, 5) is 12.6. The van der Waals surface area contributed by atoms with Gasteiger partial charge in [-0.3, -0.25) is 4.79 Å². The fraction of sp³-hybridized carbons (Fsp3) is 0.0952. The number of benzene rings is 3. The third-order valence-electron chi connectivity index (χ3n) is 3.89. The highest BCUT2D eigenvalue weighted by atomic mass is 16.3. The Balaban J connectivity index is 1.90. The third-order valence-corrected chi connectivity index (χ3v) is 3.89. The number of ketones is 1. The molecule has 0 aliphatic carbocycles. The van der Waals surface area contributed by atoms with Crippen LogP contribution in [0.25, 0.3) is 0 Å². The molecule has 0 radical (unpaired) electrons. The van der Waals surface area contributed by atoms with Crippen molar-refractivity contribution in [1.29, 1.82) is 0 Å². The Labute approximate surface area is 136 Å². The Hall–Kier alpha value is -2.71. The van der Waals surface area contributed by atoms with Crippen LogP contribution in [0.1, 0.15) is 38.7 Å². The molecule has 0 spiro atoms. The molecule has 0 saturated heterocycles. The molecule has 2 nitrogen and oxygen atoms in total. The van der Waals surface area contributed by atoms with Crippen molar-refractivity contribution < 1.29 is 9.90 Å². The van der Waals surface area contributed by atoms with Crippen LogP contribution in [0.5, 0.6) is 0 Å². The molecule has 2 heteroatoms. The summed E-state index contributed by atoms with van der Waals surface area (Å²) in [7, 11) is 0. The number of aliphatic hydroxyl groups excluding tert-OH is 1. The van der Waals surface area contributed by atoms with Crippen LogP contribution < -0.4 is 0 Å². The fourth-order valence-electron chi connectivity index (χ4n) is 2.55. The first-order valence-corrected chi connectivity index (χ1v) is 7.59. The number of rotatable bonds is 4. The van der Waals surface area contributed by atoms with Gasteiger partial charge in [0, 0.05) is 11.1 Å². The Kier molecular flexibility index (Phi) is 4.35. The zero-order valence-corrected chi connectivity index (χ0v) is 12.9. The van der Waals surface area contributed by atoms with Crippen LogP contribution in [0.15, 0.2) is 78.9 Å². The number of aliphatic hydroxyl groups is 1. The number of hydrogen-bond donors (Lipinski definition) is 1. The Bertz CT molecular complexity index is 805. The molecule has 1 N–H and O–H groups in total. The summed E-state index contributed by atoms with van der Waals surface area (Å²) in [6, 6.07) is 24.1. The van der Waals surface area contributed by atoms with Crippen LogP contribution in [0.2, 0.25) is 0 Å². The summed E-state index contributed by atoms with van der Waals surface area (Å²) in [5.41, 5.74) is 3.89. The molecule has 0 aliphatic heterocycles. The molecule has 0 saturated carbocycles. The molecule has 1 atom stereocenters. The number of hydrogen-bond acceptors (Lipinski definition) is 2. The zero-order chi connectivity index (χ0) is 16.2. The predicted molar refractivity (Wildman–Crippen MR) is 91.6 cm³/mol. The van der Waals surface area contributed by atoms with E-state index in [-0.39, 0.29) is 5.78 Å². The molecule has 23 heavy (non-hydrogen) atoms. The molecule has 0 aromatic heterocycles. The maximum Gasteiger partial charge on any atom is 0.193 e. The van der Waals surface area contributed by atoms with Gasteiger partial charge in [-0.1, -0.05) is 78.4 Å². The summed E-state index contributed by atoms with van der Waals surface area (Å²) >= 11 is 0. The lowest BCUT2D eigenvalue weighted by molar-refractivity contribution is 0.103. The van der Waals surface area contributed by atoms with Gasteiger partial charge in [-0.25, -0.2) is 0 Å². The normalized spacial score (nSPS) is 11.9. The second-order valence-electron chi connectivity index (χ2n) is 5.63. The van der Waals surface area contributed by atoms with Crippen LogP contribution in [-0.4, -0.2) is 10.9 Å². The molecular weight excluding hydrogens is 284 g/mol. The van der Waals surface area contributed by atoms with Crippen LogP contribution in [0.4, 0.5) is 0 Å². The first-order chi connectivity index (χ1) is 11.1. The van der Waals surface area contributed by atoms with E-state index < -0.39 is 6.10 Å². The highest BCUT2D eigenvalue weighted by Crippen LogP contribution is 2.23. The quantitative estimate of drug-likeness (QED) is 0.729. The maximum atomic E-state index is 12.6. The Morgan fingerprint density at radius 1 is 0.783 bits per heavy atom. The van der Waals surface area contributed by atoms with E-state index in [1.807, 2.05) is 73.7 Å². The average Bonchev–Trinajstić information content (AvgIpc) is 2.62. The first kappa shape index (κ1) is 15.2. The molecule has 0 amide bonds. The van der Waals surface area contributed by atoms with Gasteiger partial charge in [0.2, 0.25) is 0 Å². The van der Waals surface area contributed by atoms with Gasteiger partial charge in [0.1, 0.15) is 6.10 Å². The minimum atomic E-state index is -0.734. The summed E-state index contributed by atoms with van der Waals surface area (Å²) in [5.74, 6) is -0.0351. The highest BCUT2D eigenvalue weighted by molar-refractivity contribution is 6.09. The first-order valence-electron chi connectivity index (χ1n) is 7.59. The van der Waals surface area contributed by atoms with Gasteiger partial charge in [0.05, 0.1) is 0 Å². The van der Waals surface area contributed by atoms with Crippen LogP contribution in [0, 0.1) is 6.92 Å². The Morgan fingerprint density at radius 3 is 2.13 bits per heavy atom. The highest BCUT2D eigenvalue weighted by Gasteiger charge is 2.14. The number of carbonyl (C=O) groups is 1. The van der Waals surface area contributed by atoms with Crippen molar-refractivity contribution in [3.8, 4) is 0 Å². The van der Waals surface area contributed by atoms with Crippen LogP contribution in [0.3, 0.4) is 0 Å². The zero-order valence-electron chi connectivity index (χ0n) is 12.9. The largest absolute Gasteiger partial charge is 0.384 e. The maximum absolute atomic E-state index is 12.6. The van der Waals surface area contributed by atoms with Gasteiger partial charge < -0.3 is 5.11 Å². The van der Waals surface area contributed by atoms with E-state index in [0.29, 0.717) is 16.7 Å². The second-order valence-corrected chi connectivity index (χ2v) is 5.63. The molecule has 3 aromatic rings. The van der Waals surface area contributed by atoms with Gasteiger partial charge in [0.25, 0.3) is 0 Å². The predicted octanol–water partition coefficient (Wildman–Crippen LogP) is 4.31. The van der Waals surface area contributed by atoms with E-state index in [1.54, 1.807) is 12.1 Å². The van der Waals surface area contributed by atoms with E-state index in [4.69, 9.17) is 0 Å². The van der Waals surface area contributed by atoms with Gasteiger partial charge in [-0.15, -0.1) is 0 Å². The number of carbonyl (C=O) groups excluding carboxylic acids is 1. The van der Waals surface area contributed by atoms with E-state index in [2.05, 4.69) is 0 Å². The van der Waals surface area contributed by atoms with Crippen molar-refractivity contribution in [2.75, 3.05) is 0 Å². The third kappa shape index (κ3) is 3.38. The molecule has 0 heterocycles. The van der Waals surface area contributed by atoms with Gasteiger partial charge >= 0.3 is 0 Å². The van der Waals surface area contributed by atoms with Crippen LogP contribution in [-0.2, 0) is 0 Å². The lowest BCUT2D eigenvalue weighted by Crippen LogP contribution is -2.05. The summed E-state index contributed by atoms with van der Waals surface area (Å²) < 4.78 is 0. The van der Waals surface area contributed by atoms with Crippen molar-refractivity contribution in [3.63, 3.8) is 0 Å². The average molecular weight is 302 g/mol. The molecule has 3 aromatic carbocycles. The van der Waals surface area contributed by atoms with E-state index in [9.17, 15) is 9.90 Å². The Morgan fingerprint density at radius 2 is 1.43 bits per heavy atom. The van der Waals surface area contributed by atoms with Crippen molar-refractivity contribution >= 4 is 5.78 Å². The van der Waals surface area contributed by atoms with E-state index in [0.717, 1.165) is 11.1 Å². The van der Waals surface area contributed by atoms with Gasteiger partial charge in [-0.2, -0.15) is 0 Å². The summed E-state index contributed by atoms with van der Waals surface area (Å²) in [6.45, 7) is 1.99. The van der Waals surface area contributed by atoms with Crippen LogP contribution >= 0.6 is 0 Å². The van der Waals surface area contributed by atoms with Crippen molar-refractivity contribution in [3.05, 3.63) is 107 Å². The van der Waals surface area contributed by atoms with Crippen molar-refractivity contribution in [2.45, 2.75) is 13.0 Å². The summed E-state index contributed by atoms with van der Waals surface area (Å²) in [6.07, 6.45) is -0.734. The monoisotopic (exact) mass is 302 g/mol. The van der Waals surface area contributed by atoms with Gasteiger partial charge in [-0.05, 0) is 24.1 Å². The topological polar surface area (TPSA) is 37.3 Å². The molecular formula is C21H18O2. The van der Waals surface area contributed by atoms with Crippen molar-refractivity contribution in [2.24, 2.45) is 0 Å². The molecule has 0 bridgehead atoms. The van der Waals surface area contributed by atoms with Gasteiger partial charge in [0.15, 0.2) is 5.78 Å². The second kappa shape index (κ2) is 6.59. The lowest BCUT2D eigenvalue weighted by Gasteiger charge is -2.12. The summed E-state index contributed by atoms with van der Waals surface area (Å²) in [5, 5.41) is 10.5. The minimum absolute atomic E-state index is 0.0351. The molecule has 1 unspecified atom stereocenters. The molecule has 114 valence electrons.